The van der Waals surface area contributed by atoms with E-state index in [2.05, 4.69) is 67.1 Å². The molecule has 164 valence electrons. The van der Waals surface area contributed by atoms with Gasteiger partial charge in [-0.05, 0) is 82.7 Å². The number of anilines is 1. The highest BCUT2D eigenvalue weighted by Crippen LogP contribution is 2.35. The number of fused-ring (bicyclic) bond motifs is 1. The first kappa shape index (κ1) is 21.5. The van der Waals surface area contributed by atoms with Gasteiger partial charge in [-0.25, -0.2) is 0 Å². The molecule has 0 unspecified atom stereocenters. The second-order valence-electron chi connectivity index (χ2n) is 10.0. The number of pyridine rings is 1. The summed E-state index contributed by atoms with van der Waals surface area (Å²) in [6.07, 6.45) is 4.69. The highest BCUT2D eigenvalue weighted by Gasteiger charge is 2.39. The first-order valence-corrected chi connectivity index (χ1v) is 11.1. The largest absolute Gasteiger partial charge is 0.507 e. The lowest BCUT2D eigenvalue weighted by molar-refractivity contribution is 0.160. The third-order valence-electron chi connectivity index (χ3n) is 6.30. The number of aromatic nitrogens is 3. The van der Waals surface area contributed by atoms with E-state index in [-0.39, 0.29) is 16.8 Å². The predicted molar refractivity (Wildman–Crippen MR) is 127 cm³/mol. The monoisotopic (exact) mass is 419 g/mol. The van der Waals surface area contributed by atoms with Gasteiger partial charge in [-0.2, -0.15) is 0 Å². The van der Waals surface area contributed by atoms with Gasteiger partial charge in [0.05, 0.1) is 5.69 Å². The zero-order valence-electron chi connectivity index (χ0n) is 19.4. The first-order valence-electron chi connectivity index (χ1n) is 11.1. The topological polar surface area (TPSA) is 74.2 Å². The molecule has 31 heavy (non-hydrogen) atoms. The van der Waals surface area contributed by atoms with E-state index in [0.717, 1.165) is 41.5 Å². The van der Waals surface area contributed by atoms with Crippen molar-refractivity contribution in [2.45, 2.75) is 71.0 Å². The average Bonchev–Trinajstić information content (AvgIpc) is 2.70. The highest BCUT2D eigenvalue weighted by molar-refractivity contribution is 5.91. The Morgan fingerprint density at radius 3 is 2.39 bits per heavy atom. The van der Waals surface area contributed by atoms with Crippen LogP contribution in [0.3, 0.4) is 0 Å². The van der Waals surface area contributed by atoms with Crippen LogP contribution in [0.4, 0.5) is 5.82 Å². The highest BCUT2D eigenvalue weighted by atomic mass is 16.3. The van der Waals surface area contributed by atoms with Crippen molar-refractivity contribution < 1.29 is 5.11 Å². The van der Waals surface area contributed by atoms with Crippen LogP contribution in [0, 0.1) is 0 Å². The van der Waals surface area contributed by atoms with E-state index in [1.807, 2.05) is 24.3 Å². The molecule has 4 rings (SSSR count). The Balaban J connectivity index is 1.63. The van der Waals surface area contributed by atoms with Crippen LogP contribution in [-0.4, -0.2) is 44.5 Å². The van der Waals surface area contributed by atoms with E-state index >= 15 is 0 Å². The molecule has 0 aliphatic carbocycles. The third kappa shape index (κ3) is 4.35. The smallest absolute Gasteiger partial charge is 0.151 e. The molecule has 1 aromatic carbocycles. The number of phenolic OH excluding ortho intramolecular Hbond substituents is 1. The molecular weight excluding hydrogens is 386 g/mol. The van der Waals surface area contributed by atoms with Crippen LogP contribution in [-0.2, 0) is 6.42 Å². The molecule has 1 fully saturated rings. The fraction of sp³-hybridized carbons (Fsp3) is 0.480. The average molecular weight is 420 g/mol. The second-order valence-corrected chi connectivity index (χ2v) is 10.0. The van der Waals surface area contributed by atoms with Gasteiger partial charge < -0.3 is 15.3 Å². The normalized spacial score (nSPS) is 18.3. The van der Waals surface area contributed by atoms with E-state index in [9.17, 15) is 5.11 Å². The lowest BCUT2D eigenvalue weighted by Gasteiger charge is -2.49. The minimum atomic E-state index is 0.0654. The predicted octanol–water partition coefficient (Wildman–Crippen LogP) is 4.71. The molecule has 6 nitrogen and oxygen atoms in total. The molecule has 0 bridgehead atoms. The molecule has 3 heterocycles. The van der Waals surface area contributed by atoms with E-state index in [4.69, 9.17) is 0 Å². The van der Waals surface area contributed by atoms with Crippen molar-refractivity contribution in [3.05, 3.63) is 42.2 Å². The number of aromatic hydroxyl groups is 1. The van der Waals surface area contributed by atoms with Crippen LogP contribution < -0.4 is 10.2 Å². The zero-order chi connectivity index (χ0) is 22.4. The summed E-state index contributed by atoms with van der Waals surface area (Å²) in [5, 5.41) is 25.4. The van der Waals surface area contributed by atoms with Gasteiger partial charge in [0, 0.05) is 47.0 Å². The zero-order valence-corrected chi connectivity index (χ0v) is 19.4. The van der Waals surface area contributed by atoms with Crippen LogP contribution in [0.2, 0.25) is 0 Å². The number of nitrogens with one attached hydrogen (secondary N) is 1. The molecular formula is C25H33N5O. The molecule has 3 aromatic rings. The summed E-state index contributed by atoms with van der Waals surface area (Å²) < 4.78 is 0. The maximum atomic E-state index is 10.6. The van der Waals surface area contributed by atoms with Crippen LogP contribution in [0.1, 0.15) is 53.2 Å². The van der Waals surface area contributed by atoms with Gasteiger partial charge >= 0.3 is 0 Å². The van der Waals surface area contributed by atoms with Gasteiger partial charge in [0.25, 0.3) is 0 Å². The van der Waals surface area contributed by atoms with Crippen LogP contribution in [0.15, 0.2) is 36.5 Å². The van der Waals surface area contributed by atoms with Crippen molar-refractivity contribution in [1.82, 2.24) is 20.5 Å². The van der Waals surface area contributed by atoms with Crippen LogP contribution >= 0.6 is 0 Å². The Labute approximate surface area is 184 Å². The Kier molecular flexibility index (Phi) is 5.38. The van der Waals surface area contributed by atoms with Gasteiger partial charge in [-0.15, -0.1) is 10.2 Å². The molecule has 0 radical (unpaired) electrons. The maximum absolute atomic E-state index is 10.6. The van der Waals surface area contributed by atoms with E-state index in [1.165, 1.54) is 0 Å². The Morgan fingerprint density at radius 2 is 1.77 bits per heavy atom. The van der Waals surface area contributed by atoms with Crippen LogP contribution in [0.5, 0.6) is 5.75 Å². The molecule has 1 saturated heterocycles. The number of piperidine rings is 1. The molecule has 0 saturated carbocycles. The second kappa shape index (κ2) is 7.75. The van der Waals surface area contributed by atoms with Gasteiger partial charge in [0.2, 0.25) is 0 Å². The van der Waals surface area contributed by atoms with Crippen molar-refractivity contribution in [2.24, 2.45) is 0 Å². The number of phenols is 1. The minimum Gasteiger partial charge on any atom is -0.507 e. The van der Waals surface area contributed by atoms with Crippen molar-refractivity contribution >= 4 is 16.6 Å². The summed E-state index contributed by atoms with van der Waals surface area (Å²) in [6, 6.07) is 9.99. The van der Waals surface area contributed by atoms with E-state index in [0.29, 0.717) is 17.3 Å². The summed E-state index contributed by atoms with van der Waals surface area (Å²) in [5.41, 5.74) is 2.49. The summed E-state index contributed by atoms with van der Waals surface area (Å²) in [6.45, 7) is 11.1. The van der Waals surface area contributed by atoms with Gasteiger partial charge in [-0.3, -0.25) is 4.98 Å². The molecule has 0 amide bonds. The number of benzene rings is 1. The van der Waals surface area contributed by atoms with E-state index in [1.54, 1.807) is 12.3 Å². The summed E-state index contributed by atoms with van der Waals surface area (Å²) in [5.74, 6) is 1.05. The number of hydrogen-bond donors (Lipinski definition) is 2. The fourth-order valence-corrected chi connectivity index (χ4v) is 5.14. The first-order chi connectivity index (χ1) is 14.6. The molecule has 0 atom stereocenters. The SMILES string of the molecule is CCc1nccc2cc(O)c(-c3ccc(N(C)C4CC(C)(C)NC(C)(C)C4)nn3)cc12. The lowest BCUT2D eigenvalue weighted by Crippen LogP contribution is -2.62. The maximum Gasteiger partial charge on any atom is 0.151 e. The fourth-order valence-electron chi connectivity index (χ4n) is 5.14. The number of aryl methyl sites for hydroxylation is 1. The number of rotatable bonds is 4. The van der Waals surface area contributed by atoms with Crippen molar-refractivity contribution in [1.29, 1.82) is 0 Å². The quantitative estimate of drug-likeness (QED) is 0.638. The standard InChI is InChI=1S/C25H33N5O/c1-7-20-18-13-19(22(31)12-16(18)10-11-26-20)21-8-9-23(28-27-21)30(6)17-14-24(2,3)29-25(4,5)15-17/h8-13,17,29,31H,7,14-15H2,1-6H3. The lowest BCUT2D eigenvalue weighted by atomic mass is 9.79. The van der Waals surface area contributed by atoms with Crippen molar-refractivity contribution in [2.75, 3.05) is 11.9 Å². The van der Waals surface area contributed by atoms with Crippen LogP contribution in [0.25, 0.3) is 22.0 Å². The van der Waals surface area contributed by atoms with Gasteiger partial charge in [0.1, 0.15) is 5.75 Å². The molecule has 2 aromatic heterocycles. The summed E-state index contributed by atoms with van der Waals surface area (Å²) in [7, 11) is 2.10. The Bertz CT molecular complexity index is 1080. The molecule has 1 aliphatic heterocycles. The number of hydrogen-bond acceptors (Lipinski definition) is 6. The molecule has 1 aliphatic rings. The van der Waals surface area contributed by atoms with Crippen molar-refractivity contribution in [3.63, 3.8) is 0 Å². The van der Waals surface area contributed by atoms with E-state index < -0.39 is 0 Å². The number of nitrogens with zero attached hydrogens (tertiary/aromatic N) is 4. The van der Waals surface area contributed by atoms with Gasteiger partial charge in [0.15, 0.2) is 5.82 Å². The summed E-state index contributed by atoms with van der Waals surface area (Å²) in [4.78, 5) is 6.71. The van der Waals surface area contributed by atoms with Crippen molar-refractivity contribution in [3.8, 4) is 17.0 Å². The Hall–Kier alpha value is -2.73. The molecule has 2 N–H and O–H groups in total. The summed E-state index contributed by atoms with van der Waals surface area (Å²) >= 11 is 0. The van der Waals surface area contributed by atoms with Gasteiger partial charge in [-0.1, -0.05) is 6.92 Å². The molecule has 0 spiro atoms. The molecule has 6 heteroatoms. The third-order valence-corrected chi connectivity index (χ3v) is 6.30. The Morgan fingerprint density at radius 1 is 1.06 bits per heavy atom. The minimum absolute atomic E-state index is 0.0654.